The summed E-state index contributed by atoms with van der Waals surface area (Å²) in [6.07, 6.45) is 0. The minimum absolute atomic E-state index is 0.280. The largest absolute Gasteiger partial charge is 0.494 e. The van der Waals surface area contributed by atoms with Crippen LogP contribution in [0.3, 0.4) is 0 Å². The maximum Gasteiger partial charge on any atom is 0.187 e. The van der Waals surface area contributed by atoms with Gasteiger partial charge in [0.1, 0.15) is 17.4 Å². The highest BCUT2D eigenvalue weighted by atomic mass is 32.1. The lowest BCUT2D eigenvalue weighted by Gasteiger charge is -2.05. The number of ether oxygens (including phenoxy) is 1. The molecule has 3 aromatic rings. The Hall–Kier alpha value is -2.47. The van der Waals surface area contributed by atoms with Crippen LogP contribution in [0.1, 0.15) is 6.92 Å². The summed E-state index contributed by atoms with van der Waals surface area (Å²) in [5.74, 6) is -0.427. The van der Waals surface area contributed by atoms with E-state index >= 15 is 0 Å². The monoisotopic (exact) mass is 332 g/mol. The van der Waals surface area contributed by atoms with E-state index in [9.17, 15) is 8.78 Å². The number of rotatable bonds is 5. The number of anilines is 2. The van der Waals surface area contributed by atoms with E-state index in [-0.39, 0.29) is 5.56 Å². The lowest BCUT2D eigenvalue weighted by Crippen LogP contribution is -1.93. The molecule has 0 radical (unpaired) electrons. The van der Waals surface area contributed by atoms with Gasteiger partial charge in [-0.15, -0.1) is 11.3 Å². The number of hydrogen-bond donors (Lipinski definition) is 1. The Bertz CT molecular complexity index is 803. The molecule has 0 saturated heterocycles. The summed E-state index contributed by atoms with van der Waals surface area (Å²) >= 11 is 1.35. The van der Waals surface area contributed by atoms with E-state index in [1.165, 1.54) is 23.5 Å². The number of nitrogens with one attached hydrogen (secondary N) is 1. The van der Waals surface area contributed by atoms with Crippen molar-refractivity contribution in [3.8, 4) is 17.0 Å². The molecule has 118 valence electrons. The number of halogens is 2. The first-order valence-electron chi connectivity index (χ1n) is 7.06. The molecule has 0 aliphatic carbocycles. The van der Waals surface area contributed by atoms with Gasteiger partial charge in [0.25, 0.3) is 0 Å². The number of aromatic nitrogens is 1. The van der Waals surface area contributed by atoms with E-state index in [2.05, 4.69) is 10.3 Å². The van der Waals surface area contributed by atoms with Crippen molar-refractivity contribution < 1.29 is 13.5 Å². The van der Waals surface area contributed by atoms with Crippen molar-refractivity contribution >= 4 is 22.2 Å². The van der Waals surface area contributed by atoms with E-state index in [1.54, 1.807) is 5.38 Å². The van der Waals surface area contributed by atoms with E-state index in [4.69, 9.17) is 4.74 Å². The third-order valence-corrected chi connectivity index (χ3v) is 3.89. The van der Waals surface area contributed by atoms with Gasteiger partial charge in [-0.2, -0.15) is 0 Å². The van der Waals surface area contributed by atoms with Crippen LogP contribution in [0.25, 0.3) is 11.3 Å². The Morgan fingerprint density at radius 1 is 1.13 bits per heavy atom. The quantitative estimate of drug-likeness (QED) is 0.694. The predicted octanol–water partition coefficient (Wildman–Crippen LogP) is 5.23. The standard InChI is InChI=1S/C17H14F2N2OS/c1-2-22-13-6-4-12(5-7-13)20-17-21-16(10-23-17)14-8-3-11(18)9-15(14)19/h3-10H,2H2,1H3,(H,20,21). The molecule has 0 aliphatic heterocycles. The SMILES string of the molecule is CCOc1ccc(Nc2nc(-c3ccc(F)cc3F)cs2)cc1. The zero-order valence-electron chi connectivity index (χ0n) is 12.3. The third-order valence-electron chi connectivity index (χ3n) is 3.13. The van der Waals surface area contributed by atoms with E-state index in [0.29, 0.717) is 17.4 Å². The maximum absolute atomic E-state index is 13.8. The summed E-state index contributed by atoms with van der Waals surface area (Å²) in [7, 11) is 0. The predicted molar refractivity (Wildman–Crippen MR) is 88.4 cm³/mol. The highest BCUT2D eigenvalue weighted by Crippen LogP contribution is 2.29. The van der Waals surface area contributed by atoms with Gasteiger partial charge in [-0.3, -0.25) is 0 Å². The second-order valence-electron chi connectivity index (χ2n) is 4.74. The lowest BCUT2D eigenvalue weighted by atomic mass is 10.1. The van der Waals surface area contributed by atoms with Gasteiger partial charge in [0, 0.05) is 22.7 Å². The van der Waals surface area contributed by atoms with Gasteiger partial charge < -0.3 is 10.1 Å². The smallest absolute Gasteiger partial charge is 0.187 e. The zero-order valence-corrected chi connectivity index (χ0v) is 13.2. The van der Waals surface area contributed by atoms with Crippen LogP contribution in [0.15, 0.2) is 47.8 Å². The molecule has 23 heavy (non-hydrogen) atoms. The molecule has 2 aromatic carbocycles. The van der Waals surface area contributed by atoms with Crippen LogP contribution in [0, 0.1) is 11.6 Å². The number of nitrogens with zero attached hydrogens (tertiary/aromatic N) is 1. The average molecular weight is 332 g/mol. The van der Waals surface area contributed by atoms with Crippen molar-refractivity contribution in [3.63, 3.8) is 0 Å². The van der Waals surface area contributed by atoms with E-state index in [1.807, 2.05) is 31.2 Å². The van der Waals surface area contributed by atoms with Crippen LogP contribution in [0.5, 0.6) is 5.75 Å². The first kappa shape index (κ1) is 15.4. The van der Waals surface area contributed by atoms with Gasteiger partial charge >= 0.3 is 0 Å². The second kappa shape index (κ2) is 6.75. The molecule has 0 atom stereocenters. The molecule has 0 fully saturated rings. The number of benzene rings is 2. The molecular weight excluding hydrogens is 318 g/mol. The van der Waals surface area contributed by atoms with E-state index in [0.717, 1.165) is 17.5 Å². The fourth-order valence-electron chi connectivity index (χ4n) is 2.08. The number of hydrogen-bond acceptors (Lipinski definition) is 4. The Labute approximate surface area is 136 Å². The summed E-state index contributed by atoms with van der Waals surface area (Å²) in [5.41, 5.74) is 1.61. The van der Waals surface area contributed by atoms with Gasteiger partial charge in [-0.1, -0.05) is 0 Å². The Morgan fingerprint density at radius 3 is 2.61 bits per heavy atom. The van der Waals surface area contributed by atoms with Crippen molar-refractivity contribution in [2.45, 2.75) is 6.92 Å². The molecule has 0 unspecified atom stereocenters. The normalized spacial score (nSPS) is 10.6. The van der Waals surface area contributed by atoms with Crippen molar-refractivity contribution in [1.29, 1.82) is 0 Å². The first-order chi connectivity index (χ1) is 11.2. The van der Waals surface area contributed by atoms with E-state index < -0.39 is 11.6 Å². The molecule has 0 spiro atoms. The highest BCUT2D eigenvalue weighted by Gasteiger charge is 2.10. The minimum atomic E-state index is -0.622. The van der Waals surface area contributed by atoms with Crippen LogP contribution < -0.4 is 10.1 Å². The molecule has 1 N–H and O–H groups in total. The molecule has 1 aromatic heterocycles. The second-order valence-corrected chi connectivity index (χ2v) is 5.60. The highest BCUT2D eigenvalue weighted by molar-refractivity contribution is 7.14. The third kappa shape index (κ3) is 3.65. The summed E-state index contributed by atoms with van der Waals surface area (Å²) in [6, 6.07) is 10.9. The summed E-state index contributed by atoms with van der Waals surface area (Å²) < 4.78 is 32.1. The molecule has 0 aliphatic rings. The molecular formula is C17H14F2N2OS. The van der Waals surface area contributed by atoms with Gasteiger partial charge in [0.15, 0.2) is 5.13 Å². The van der Waals surface area contributed by atoms with Gasteiger partial charge in [-0.05, 0) is 43.3 Å². The van der Waals surface area contributed by atoms with Crippen LogP contribution >= 0.6 is 11.3 Å². The molecule has 0 bridgehead atoms. The fraction of sp³-hybridized carbons (Fsp3) is 0.118. The van der Waals surface area contributed by atoms with Gasteiger partial charge in [0.2, 0.25) is 0 Å². The molecule has 3 nitrogen and oxygen atoms in total. The van der Waals surface area contributed by atoms with Gasteiger partial charge in [0.05, 0.1) is 12.3 Å². The Morgan fingerprint density at radius 2 is 1.91 bits per heavy atom. The van der Waals surface area contributed by atoms with Crippen LogP contribution in [0.4, 0.5) is 19.6 Å². The Kier molecular flexibility index (Phi) is 4.52. The van der Waals surface area contributed by atoms with Gasteiger partial charge in [-0.25, -0.2) is 13.8 Å². The van der Waals surface area contributed by atoms with Crippen LogP contribution in [0.2, 0.25) is 0 Å². The summed E-state index contributed by atoms with van der Waals surface area (Å²) in [4.78, 5) is 4.34. The molecule has 0 amide bonds. The lowest BCUT2D eigenvalue weighted by molar-refractivity contribution is 0.340. The molecule has 0 saturated carbocycles. The Balaban J connectivity index is 1.76. The number of thiazole rings is 1. The average Bonchev–Trinajstić information content (AvgIpc) is 2.98. The molecule has 1 heterocycles. The first-order valence-corrected chi connectivity index (χ1v) is 7.94. The van der Waals surface area contributed by atoms with Crippen molar-refractivity contribution in [3.05, 3.63) is 59.5 Å². The van der Waals surface area contributed by atoms with Crippen LogP contribution in [-0.4, -0.2) is 11.6 Å². The summed E-state index contributed by atoms with van der Waals surface area (Å²) in [5, 5.41) is 5.51. The van der Waals surface area contributed by atoms with Crippen molar-refractivity contribution in [2.24, 2.45) is 0 Å². The van der Waals surface area contributed by atoms with Crippen molar-refractivity contribution in [1.82, 2.24) is 4.98 Å². The fourth-order valence-corrected chi connectivity index (χ4v) is 2.81. The summed E-state index contributed by atoms with van der Waals surface area (Å²) in [6.45, 7) is 2.55. The van der Waals surface area contributed by atoms with Crippen molar-refractivity contribution in [2.75, 3.05) is 11.9 Å². The molecule has 3 rings (SSSR count). The topological polar surface area (TPSA) is 34.1 Å². The minimum Gasteiger partial charge on any atom is -0.494 e. The maximum atomic E-state index is 13.8. The zero-order chi connectivity index (χ0) is 16.2. The van der Waals surface area contributed by atoms with Crippen LogP contribution in [-0.2, 0) is 0 Å². The molecule has 6 heteroatoms.